The Labute approximate surface area is 442 Å². The summed E-state index contributed by atoms with van der Waals surface area (Å²) >= 11 is 0. The van der Waals surface area contributed by atoms with Crippen LogP contribution >= 0.6 is 0 Å². The van der Waals surface area contributed by atoms with Crippen molar-refractivity contribution in [2.75, 3.05) is 4.90 Å². The lowest BCUT2D eigenvalue weighted by Gasteiger charge is -2.40. The van der Waals surface area contributed by atoms with Gasteiger partial charge < -0.3 is 9.47 Å². The molecule has 2 nitrogen and oxygen atoms in total. The number of hydrogen-bond donors (Lipinski definition) is 0. The fraction of sp³-hybridized carbons (Fsp3) is 0.0541. The van der Waals surface area contributed by atoms with Gasteiger partial charge in [-0.25, -0.2) is 0 Å². The fourth-order valence-electron chi connectivity index (χ4n) is 15.0. The summed E-state index contributed by atoms with van der Waals surface area (Å²) in [7, 11) is 0. The number of benzene rings is 12. The molecule has 0 unspecified atom stereocenters. The standard InChI is InChI=1S/C74H48N2/c1-45-30-38-70-59(40-45)60-41-46(2)42-68-72(60)76(70)71-39-33-49(43-67(71)74(68)63-26-12-7-21-55(63)56-22-8-13-27-64(56)74)47-31-34-50(35-32-47)75(69-29-15-17-48-16-3-4-18-52(48)69)51-36-37-66-58(44-51)57-23-9-14-28-65(57)73(66)61-24-10-5-19-53(61)54-20-6-11-25-62(54)73/h3-44H,1-2H3. The van der Waals surface area contributed by atoms with E-state index < -0.39 is 10.8 Å². The summed E-state index contributed by atoms with van der Waals surface area (Å²) < 4.78 is 2.57. The zero-order valence-electron chi connectivity index (χ0n) is 42.1. The molecule has 0 saturated heterocycles. The van der Waals surface area contributed by atoms with Gasteiger partial charge in [0.2, 0.25) is 0 Å². The van der Waals surface area contributed by atoms with Gasteiger partial charge in [-0.1, -0.05) is 205 Å². The molecule has 4 aliphatic rings. The summed E-state index contributed by atoms with van der Waals surface area (Å²) in [5.74, 6) is 0. The summed E-state index contributed by atoms with van der Waals surface area (Å²) in [5, 5.41) is 5.04. The summed E-state index contributed by atoms with van der Waals surface area (Å²) in [6.07, 6.45) is 0. The van der Waals surface area contributed by atoms with Crippen LogP contribution < -0.4 is 4.90 Å². The molecule has 13 aromatic rings. The smallest absolute Gasteiger partial charge is 0.0754 e. The molecular formula is C74H48N2. The molecule has 2 heteroatoms. The molecule has 0 radical (unpaired) electrons. The molecule has 0 atom stereocenters. The molecule has 76 heavy (non-hydrogen) atoms. The molecule has 12 aromatic carbocycles. The van der Waals surface area contributed by atoms with Gasteiger partial charge in [0.1, 0.15) is 0 Å². The van der Waals surface area contributed by atoms with Crippen molar-refractivity contribution in [1.29, 1.82) is 0 Å². The van der Waals surface area contributed by atoms with Crippen LogP contribution in [0.4, 0.5) is 17.1 Å². The first-order chi connectivity index (χ1) is 37.5. The van der Waals surface area contributed by atoms with Crippen LogP contribution in [0.2, 0.25) is 0 Å². The van der Waals surface area contributed by atoms with E-state index in [2.05, 4.69) is 278 Å². The van der Waals surface area contributed by atoms with Gasteiger partial charge in [-0.3, -0.25) is 0 Å². The molecule has 0 N–H and O–H groups in total. The highest BCUT2D eigenvalue weighted by atomic mass is 15.1. The van der Waals surface area contributed by atoms with Gasteiger partial charge in [0.05, 0.1) is 33.2 Å². The van der Waals surface area contributed by atoms with Crippen molar-refractivity contribution in [2.45, 2.75) is 24.7 Å². The largest absolute Gasteiger partial charge is 0.310 e. The molecule has 1 aromatic heterocycles. The fourth-order valence-corrected chi connectivity index (χ4v) is 15.0. The van der Waals surface area contributed by atoms with E-state index >= 15 is 0 Å². The third kappa shape index (κ3) is 5.21. The summed E-state index contributed by atoms with van der Waals surface area (Å²) in [4.78, 5) is 2.48. The van der Waals surface area contributed by atoms with E-state index in [-0.39, 0.29) is 0 Å². The molecule has 3 aliphatic carbocycles. The Morgan fingerprint density at radius 2 is 0.829 bits per heavy atom. The molecule has 0 amide bonds. The normalized spacial score (nSPS) is 14.1. The van der Waals surface area contributed by atoms with E-state index in [0.717, 1.165) is 17.1 Å². The van der Waals surface area contributed by atoms with Crippen LogP contribution in [0.3, 0.4) is 0 Å². The van der Waals surface area contributed by atoms with Crippen LogP contribution in [0.5, 0.6) is 0 Å². The molecule has 0 fully saturated rings. The van der Waals surface area contributed by atoms with Crippen LogP contribution in [0.15, 0.2) is 255 Å². The first-order valence-electron chi connectivity index (χ1n) is 26.7. The van der Waals surface area contributed by atoms with Crippen molar-refractivity contribution in [1.82, 2.24) is 4.57 Å². The minimum absolute atomic E-state index is 0.403. The molecule has 0 bridgehead atoms. The van der Waals surface area contributed by atoms with Crippen molar-refractivity contribution in [3.05, 3.63) is 310 Å². The van der Waals surface area contributed by atoms with E-state index in [1.807, 2.05) is 0 Å². The number of aryl methyl sites for hydroxylation is 2. The van der Waals surface area contributed by atoms with Crippen LogP contribution in [0, 0.1) is 13.8 Å². The van der Waals surface area contributed by atoms with Gasteiger partial charge in [-0.05, 0) is 169 Å². The first kappa shape index (κ1) is 41.9. The maximum atomic E-state index is 2.57. The van der Waals surface area contributed by atoms with Crippen molar-refractivity contribution in [2.24, 2.45) is 0 Å². The molecule has 1 aliphatic heterocycles. The van der Waals surface area contributed by atoms with Crippen LogP contribution in [-0.4, -0.2) is 4.57 Å². The maximum Gasteiger partial charge on any atom is 0.0754 e. The van der Waals surface area contributed by atoms with Crippen molar-refractivity contribution in [3.8, 4) is 50.2 Å². The second-order valence-corrected chi connectivity index (χ2v) is 21.6. The average molecular weight is 965 g/mol. The lowest BCUT2D eigenvalue weighted by atomic mass is 9.65. The first-order valence-corrected chi connectivity index (χ1v) is 26.7. The quantitative estimate of drug-likeness (QED) is 0.171. The van der Waals surface area contributed by atoms with E-state index in [0.29, 0.717) is 0 Å². The molecular weight excluding hydrogens is 917 g/mol. The topological polar surface area (TPSA) is 8.17 Å². The Balaban J connectivity index is 0.865. The minimum Gasteiger partial charge on any atom is -0.310 e. The van der Waals surface area contributed by atoms with Gasteiger partial charge in [-0.15, -0.1) is 0 Å². The second kappa shape index (κ2) is 15.1. The molecule has 0 saturated carbocycles. The van der Waals surface area contributed by atoms with E-state index in [1.54, 1.807) is 0 Å². The molecule has 354 valence electrons. The van der Waals surface area contributed by atoms with Crippen LogP contribution in [0.25, 0.3) is 82.8 Å². The maximum absolute atomic E-state index is 2.57. The summed E-state index contributed by atoms with van der Waals surface area (Å²) in [6.45, 7) is 4.49. The van der Waals surface area contributed by atoms with Gasteiger partial charge in [-0.2, -0.15) is 0 Å². The summed E-state index contributed by atoms with van der Waals surface area (Å²) in [6, 6.07) is 96.9. The molecule has 2 heterocycles. The number of aromatic nitrogens is 1. The number of anilines is 3. The predicted molar refractivity (Wildman–Crippen MR) is 315 cm³/mol. The Bertz CT molecular complexity index is 4580. The third-order valence-corrected chi connectivity index (χ3v) is 17.9. The lowest BCUT2D eigenvalue weighted by Crippen LogP contribution is -2.33. The SMILES string of the molecule is Cc1ccc2c(c1)c1cc(C)cc3c1n2-c1ccc(-c2ccc(N(c4ccc5c(c4)-c4ccccc4C54c5ccccc5-c5ccccc54)c4cccc5ccccc45)cc2)cc1C31c2ccccc2-c2ccccc21. The van der Waals surface area contributed by atoms with Gasteiger partial charge in [0, 0.05) is 27.5 Å². The second-order valence-electron chi connectivity index (χ2n) is 21.6. The van der Waals surface area contributed by atoms with E-state index in [1.165, 1.54) is 138 Å². The Morgan fingerprint density at radius 3 is 1.47 bits per heavy atom. The minimum atomic E-state index is -0.527. The van der Waals surface area contributed by atoms with Crippen molar-refractivity contribution >= 4 is 49.6 Å². The van der Waals surface area contributed by atoms with Crippen LogP contribution in [0.1, 0.15) is 55.6 Å². The molecule has 2 spiro atoms. The van der Waals surface area contributed by atoms with E-state index in [9.17, 15) is 0 Å². The lowest BCUT2D eigenvalue weighted by molar-refractivity contribution is 0.748. The highest BCUT2D eigenvalue weighted by Gasteiger charge is 2.53. The average Bonchev–Trinajstić information content (AvgIpc) is 4.21. The van der Waals surface area contributed by atoms with Gasteiger partial charge in [0.25, 0.3) is 0 Å². The Hall–Kier alpha value is -9.50. The van der Waals surface area contributed by atoms with E-state index in [4.69, 9.17) is 0 Å². The highest BCUT2D eigenvalue weighted by molar-refractivity contribution is 6.13. The molecule has 17 rings (SSSR count). The Morgan fingerprint density at radius 1 is 0.316 bits per heavy atom. The Kier molecular flexibility index (Phi) is 8.31. The zero-order valence-corrected chi connectivity index (χ0v) is 42.1. The predicted octanol–water partition coefficient (Wildman–Crippen LogP) is 18.7. The number of nitrogens with zero attached hydrogens (tertiary/aromatic N) is 2. The number of fused-ring (bicyclic) bond motifs is 23. The third-order valence-electron chi connectivity index (χ3n) is 17.9. The van der Waals surface area contributed by atoms with Crippen molar-refractivity contribution < 1.29 is 0 Å². The number of hydrogen-bond acceptors (Lipinski definition) is 1. The van der Waals surface area contributed by atoms with Crippen molar-refractivity contribution in [3.63, 3.8) is 0 Å². The highest BCUT2D eigenvalue weighted by Crippen LogP contribution is 2.64. The van der Waals surface area contributed by atoms with Gasteiger partial charge >= 0.3 is 0 Å². The summed E-state index contributed by atoms with van der Waals surface area (Å²) in [5.41, 5.74) is 29.7. The zero-order chi connectivity index (χ0) is 50.0. The van der Waals surface area contributed by atoms with Gasteiger partial charge in [0.15, 0.2) is 0 Å². The number of rotatable bonds is 4. The van der Waals surface area contributed by atoms with Crippen LogP contribution in [-0.2, 0) is 10.8 Å². The monoisotopic (exact) mass is 964 g/mol.